The zero-order valence-corrected chi connectivity index (χ0v) is 52.9. The van der Waals surface area contributed by atoms with Gasteiger partial charge in [-0.1, -0.05) is 326 Å². The summed E-state index contributed by atoms with van der Waals surface area (Å²) < 4.78 is 17.0. The normalized spacial score (nSPS) is 12.4. The molecule has 1 atom stereocenters. The molecule has 0 saturated carbocycles. The van der Waals surface area contributed by atoms with Crippen LogP contribution in [0.5, 0.6) is 0 Å². The van der Waals surface area contributed by atoms with Gasteiger partial charge in [-0.25, -0.2) is 0 Å². The van der Waals surface area contributed by atoms with Gasteiger partial charge in [0, 0.05) is 19.3 Å². The van der Waals surface area contributed by atoms with Crippen LogP contribution in [0.2, 0.25) is 0 Å². The first-order valence-corrected chi connectivity index (χ1v) is 34.8. The molecule has 0 aromatic rings. The Balaban J connectivity index is 4.26. The van der Waals surface area contributed by atoms with Gasteiger partial charge in [0.25, 0.3) is 0 Å². The molecule has 0 aliphatic heterocycles. The van der Waals surface area contributed by atoms with Gasteiger partial charge in [-0.3, -0.25) is 14.4 Å². The van der Waals surface area contributed by atoms with E-state index < -0.39 is 6.10 Å². The highest BCUT2D eigenvalue weighted by molar-refractivity contribution is 5.71. The molecule has 0 aliphatic carbocycles. The van der Waals surface area contributed by atoms with E-state index in [-0.39, 0.29) is 31.1 Å². The van der Waals surface area contributed by atoms with E-state index in [4.69, 9.17) is 14.2 Å². The van der Waals surface area contributed by atoms with Gasteiger partial charge in [-0.15, -0.1) is 0 Å². The molecular weight excluding hydrogens is 973 g/mol. The van der Waals surface area contributed by atoms with Crippen LogP contribution in [0.3, 0.4) is 0 Å². The number of allylic oxidation sites excluding steroid dienone is 10. The molecule has 0 radical (unpaired) electrons. The molecule has 0 bridgehead atoms. The number of hydrogen-bond donors (Lipinski definition) is 0. The minimum Gasteiger partial charge on any atom is -0.462 e. The molecule has 0 fully saturated rings. The van der Waals surface area contributed by atoms with Crippen LogP contribution in [-0.2, 0) is 28.6 Å². The van der Waals surface area contributed by atoms with Gasteiger partial charge in [0.15, 0.2) is 6.10 Å². The topological polar surface area (TPSA) is 78.9 Å². The first-order chi connectivity index (χ1) is 39.0. The Bertz CT molecular complexity index is 1410. The zero-order valence-electron chi connectivity index (χ0n) is 52.9. The summed E-state index contributed by atoms with van der Waals surface area (Å²) in [4.78, 5) is 38.4. The lowest BCUT2D eigenvalue weighted by Crippen LogP contribution is -2.30. The molecule has 1 unspecified atom stereocenters. The van der Waals surface area contributed by atoms with E-state index >= 15 is 0 Å². The molecule has 0 spiro atoms. The Morgan fingerprint density at radius 1 is 0.266 bits per heavy atom. The number of esters is 3. The van der Waals surface area contributed by atoms with Crippen LogP contribution < -0.4 is 0 Å². The average molecular weight is 1110 g/mol. The van der Waals surface area contributed by atoms with Crippen LogP contribution in [0.1, 0.15) is 367 Å². The fourth-order valence-electron chi connectivity index (χ4n) is 10.3. The first-order valence-electron chi connectivity index (χ1n) is 34.8. The predicted octanol–water partition coefficient (Wildman–Crippen LogP) is 23.9. The lowest BCUT2D eigenvalue weighted by Gasteiger charge is -2.18. The molecule has 6 heteroatoms. The molecule has 0 amide bonds. The summed E-state index contributed by atoms with van der Waals surface area (Å²) in [5, 5.41) is 0. The maximum absolute atomic E-state index is 12.9. The molecule has 0 aromatic heterocycles. The van der Waals surface area contributed by atoms with Crippen molar-refractivity contribution in [3.8, 4) is 0 Å². The summed E-state index contributed by atoms with van der Waals surface area (Å²) in [7, 11) is 0. The number of carbonyl (C=O) groups excluding carboxylic acids is 3. The maximum Gasteiger partial charge on any atom is 0.306 e. The summed E-state index contributed by atoms with van der Waals surface area (Å²) in [5.74, 6) is -0.869. The molecule has 460 valence electrons. The first kappa shape index (κ1) is 76.1. The Labute approximate surface area is 491 Å². The fourth-order valence-corrected chi connectivity index (χ4v) is 10.3. The second-order valence-corrected chi connectivity index (χ2v) is 23.4. The number of ether oxygens (including phenoxy) is 3. The molecule has 79 heavy (non-hydrogen) atoms. The van der Waals surface area contributed by atoms with E-state index in [0.717, 1.165) is 103 Å². The van der Waals surface area contributed by atoms with E-state index in [1.54, 1.807) is 0 Å². The van der Waals surface area contributed by atoms with Crippen LogP contribution in [0, 0.1) is 0 Å². The fraction of sp³-hybridized carbons (Fsp3) is 0.822. The Morgan fingerprint density at radius 3 is 0.772 bits per heavy atom. The Morgan fingerprint density at radius 2 is 0.494 bits per heavy atom. The van der Waals surface area contributed by atoms with Gasteiger partial charge < -0.3 is 14.2 Å². The van der Waals surface area contributed by atoms with Crippen LogP contribution in [0.25, 0.3) is 0 Å². The van der Waals surface area contributed by atoms with Crippen molar-refractivity contribution in [1.29, 1.82) is 0 Å². The summed E-state index contributed by atoms with van der Waals surface area (Å²) >= 11 is 0. The number of hydrogen-bond acceptors (Lipinski definition) is 6. The van der Waals surface area contributed by atoms with Gasteiger partial charge in [0.2, 0.25) is 0 Å². The predicted molar refractivity (Wildman–Crippen MR) is 344 cm³/mol. The summed E-state index contributed by atoms with van der Waals surface area (Å²) in [6.07, 6.45) is 86.7. The number of rotatable bonds is 64. The molecule has 0 N–H and O–H groups in total. The van der Waals surface area contributed by atoms with Crippen molar-refractivity contribution in [2.75, 3.05) is 13.2 Å². The minimum atomic E-state index is -0.780. The van der Waals surface area contributed by atoms with Crippen LogP contribution in [-0.4, -0.2) is 37.2 Å². The largest absolute Gasteiger partial charge is 0.462 e. The van der Waals surface area contributed by atoms with E-state index in [9.17, 15) is 14.4 Å². The van der Waals surface area contributed by atoms with Gasteiger partial charge in [-0.2, -0.15) is 0 Å². The summed E-state index contributed by atoms with van der Waals surface area (Å²) in [6, 6.07) is 0. The second kappa shape index (κ2) is 67.6. The number of unbranched alkanes of at least 4 members (excludes halogenated alkanes) is 43. The minimum absolute atomic E-state index is 0.0757. The van der Waals surface area contributed by atoms with Crippen molar-refractivity contribution in [3.63, 3.8) is 0 Å². The van der Waals surface area contributed by atoms with Crippen molar-refractivity contribution in [2.45, 2.75) is 374 Å². The third-order valence-corrected chi connectivity index (χ3v) is 15.5. The van der Waals surface area contributed by atoms with Crippen molar-refractivity contribution >= 4 is 17.9 Å². The van der Waals surface area contributed by atoms with E-state index in [1.165, 1.54) is 225 Å². The lowest BCUT2D eigenvalue weighted by molar-refractivity contribution is -0.167. The molecular formula is C73H132O6. The van der Waals surface area contributed by atoms with Gasteiger partial charge >= 0.3 is 17.9 Å². The molecule has 0 heterocycles. The molecule has 6 nitrogen and oxygen atoms in total. The van der Waals surface area contributed by atoms with Gasteiger partial charge in [-0.05, 0) is 83.5 Å². The average Bonchev–Trinajstić information content (AvgIpc) is 3.45. The highest BCUT2D eigenvalue weighted by Gasteiger charge is 2.19. The number of carbonyl (C=O) groups is 3. The zero-order chi connectivity index (χ0) is 57.1. The Kier molecular flexibility index (Phi) is 65.1. The van der Waals surface area contributed by atoms with Crippen LogP contribution >= 0.6 is 0 Å². The standard InChI is InChI=1S/C73H132O6/c1-4-7-10-13-16-19-22-25-28-30-32-33-34-35-36-37-38-39-41-42-45-48-51-54-57-60-63-66-72(75)78-69-70(68-77-71(74)65-62-59-56-53-50-47-44-27-24-21-18-15-12-9-6-3)79-73(76)67-64-61-58-55-52-49-46-43-40-31-29-26-23-20-17-14-11-8-5-2/h9,12,18,21-22,25,27,30,32,44,70H,4-8,10-11,13-17,19-20,23-24,26,28-29,31,33-43,45-69H2,1-3H3/b12-9-,21-18-,25-22-,32-30-,44-27-. The van der Waals surface area contributed by atoms with Crippen LogP contribution in [0.15, 0.2) is 60.8 Å². The molecule has 0 aromatic carbocycles. The SMILES string of the molecule is CC/C=C\C/C=C\C/C=C\CCCCCCCC(=O)OCC(COC(=O)CCCCCCCCCCCCCCCCC/C=C\C/C=C\CCCCCCC)OC(=O)CCCCCCCCCCCCCCCCCCCCC. The van der Waals surface area contributed by atoms with E-state index in [1.807, 2.05) is 0 Å². The molecule has 0 saturated heterocycles. The molecule has 0 aliphatic rings. The summed E-state index contributed by atoms with van der Waals surface area (Å²) in [5.41, 5.74) is 0. The monoisotopic (exact) mass is 1110 g/mol. The van der Waals surface area contributed by atoms with E-state index in [0.29, 0.717) is 19.3 Å². The van der Waals surface area contributed by atoms with Crippen LogP contribution in [0.4, 0.5) is 0 Å². The van der Waals surface area contributed by atoms with Crippen molar-refractivity contribution in [2.24, 2.45) is 0 Å². The van der Waals surface area contributed by atoms with Gasteiger partial charge in [0.1, 0.15) is 13.2 Å². The maximum atomic E-state index is 12.9. The smallest absolute Gasteiger partial charge is 0.306 e. The van der Waals surface area contributed by atoms with Gasteiger partial charge in [0.05, 0.1) is 0 Å². The van der Waals surface area contributed by atoms with Crippen molar-refractivity contribution < 1.29 is 28.6 Å². The lowest BCUT2D eigenvalue weighted by atomic mass is 10.0. The highest BCUT2D eigenvalue weighted by Crippen LogP contribution is 2.18. The third kappa shape index (κ3) is 65.8. The van der Waals surface area contributed by atoms with E-state index in [2.05, 4.69) is 81.5 Å². The highest BCUT2D eigenvalue weighted by atomic mass is 16.6. The third-order valence-electron chi connectivity index (χ3n) is 15.5. The van der Waals surface area contributed by atoms with Crippen molar-refractivity contribution in [3.05, 3.63) is 60.8 Å². The summed E-state index contributed by atoms with van der Waals surface area (Å²) in [6.45, 7) is 6.57. The quantitative estimate of drug-likeness (QED) is 0.0261. The second-order valence-electron chi connectivity index (χ2n) is 23.4. The molecule has 0 rings (SSSR count). The Hall–Kier alpha value is -2.89. The van der Waals surface area contributed by atoms with Crippen molar-refractivity contribution in [1.82, 2.24) is 0 Å².